The van der Waals surface area contributed by atoms with Gasteiger partial charge in [0.05, 0.1) is 5.75 Å². The maximum absolute atomic E-state index is 12.0. The third kappa shape index (κ3) is 6.92. The van der Waals surface area contributed by atoms with E-state index in [-0.39, 0.29) is 29.6 Å². The van der Waals surface area contributed by atoms with E-state index in [1.807, 2.05) is 27.7 Å². The molecular formula is C12H27ClN2O2S. The van der Waals surface area contributed by atoms with Gasteiger partial charge in [0, 0.05) is 6.04 Å². The Morgan fingerprint density at radius 3 is 2.44 bits per heavy atom. The predicted octanol–water partition coefficient (Wildman–Crippen LogP) is 1.76. The molecule has 110 valence electrons. The van der Waals surface area contributed by atoms with Gasteiger partial charge in [-0.2, -0.15) is 0 Å². The predicted molar refractivity (Wildman–Crippen MR) is 78.7 cm³/mol. The van der Waals surface area contributed by atoms with E-state index in [2.05, 4.69) is 10.0 Å². The zero-order valence-electron chi connectivity index (χ0n) is 11.8. The van der Waals surface area contributed by atoms with Crippen molar-refractivity contribution in [2.24, 2.45) is 11.3 Å². The van der Waals surface area contributed by atoms with Gasteiger partial charge in [0.15, 0.2) is 0 Å². The van der Waals surface area contributed by atoms with E-state index in [0.29, 0.717) is 5.92 Å². The SMILES string of the molecule is CC(NS(=O)(=O)CC(C)(C)C)C1CCCNC1.Cl. The molecule has 2 unspecified atom stereocenters. The number of hydrogen-bond acceptors (Lipinski definition) is 3. The lowest BCUT2D eigenvalue weighted by Gasteiger charge is -2.29. The summed E-state index contributed by atoms with van der Waals surface area (Å²) in [5, 5.41) is 3.31. The number of halogens is 1. The third-order valence-electron chi connectivity index (χ3n) is 3.03. The first-order chi connectivity index (χ1) is 7.70. The normalized spacial score (nSPS) is 23.2. The molecule has 0 aromatic heterocycles. The minimum atomic E-state index is -3.17. The molecule has 0 aliphatic carbocycles. The van der Waals surface area contributed by atoms with E-state index in [9.17, 15) is 8.42 Å². The third-order valence-corrected chi connectivity index (χ3v) is 5.01. The molecule has 6 heteroatoms. The van der Waals surface area contributed by atoms with E-state index in [4.69, 9.17) is 0 Å². The Labute approximate surface area is 118 Å². The lowest BCUT2D eigenvalue weighted by Crippen LogP contribution is -2.46. The molecule has 0 aromatic rings. The van der Waals surface area contributed by atoms with Gasteiger partial charge in [-0.1, -0.05) is 20.8 Å². The van der Waals surface area contributed by atoms with Gasteiger partial charge in [0.1, 0.15) is 0 Å². The minimum Gasteiger partial charge on any atom is -0.316 e. The van der Waals surface area contributed by atoms with Crippen molar-refractivity contribution in [3.05, 3.63) is 0 Å². The molecule has 1 fully saturated rings. The first kappa shape index (κ1) is 18.2. The van der Waals surface area contributed by atoms with Gasteiger partial charge < -0.3 is 5.32 Å². The van der Waals surface area contributed by atoms with Gasteiger partial charge in [0.2, 0.25) is 10.0 Å². The maximum atomic E-state index is 12.0. The number of nitrogens with one attached hydrogen (secondary N) is 2. The Morgan fingerprint density at radius 1 is 1.39 bits per heavy atom. The summed E-state index contributed by atoms with van der Waals surface area (Å²) in [7, 11) is -3.17. The first-order valence-corrected chi connectivity index (χ1v) is 8.05. The van der Waals surface area contributed by atoms with Crippen molar-refractivity contribution in [3.8, 4) is 0 Å². The monoisotopic (exact) mass is 298 g/mol. The Balaban J connectivity index is 0.00000289. The molecule has 18 heavy (non-hydrogen) atoms. The smallest absolute Gasteiger partial charge is 0.212 e. The van der Waals surface area contributed by atoms with Crippen LogP contribution < -0.4 is 10.0 Å². The summed E-state index contributed by atoms with van der Waals surface area (Å²) < 4.78 is 26.8. The molecule has 0 bridgehead atoms. The van der Waals surface area contributed by atoms with Crippen LogP contribution >= 0.6 is 12.4 Å². The average molecular weight is 299 g/mol. The standard InChI is InChI=1S/C12H26N2O2S.ClH/c1-10(11-6-5-7-13-8-11)14-17(15,16)9-12(2,3)4;/h10-11,13-14H,5-9H2,1-4H3;1H. The Hall–Kier alpha value is 0.160. The highest BCUT2D eigenvalue weighted by Gasteiger charge is 2.27. The van der Waals surface area contributed by atoms with Crippen molar-refractivity contribution in [2.45, 2.75) is 46.6 Å². The van der Waals surface area contributed by atoms with Crippen LogP contribution in [-0.2, 0) is 10.0 Å². The molecule has 2 N–H and O–H groups in total. The Morgan fingerprint density at radius 2 is 2.00 bits per heavy atom. The Bertz CT molecular complexity index is 332. The largest absolute Gasteiger partial charge is 0.316 e. The summed E-state index contributed by atoms with van der Waals surface area (Å²) in [6.45, 7) is 9.77. The van der Waals surface area contributed by atoms with Crippen molar-refractivity contribution in [1.82, 2.24) is 10.0 Å². The maximum Gasteiger partial charge on any atom is 0.212 e. The second kappa shape index (κ2) is 7.08. The fourth-order valence-electron chi connectivity index (χ4n) is 2.30. The minimum absolute atomic E-state index is 0. The highest BCUT2D eigenvalue weighted by atomic mass is 35.5. The van der Waals surface area contributed by atoms with Crippen LogP contribution in [0, 0.1) is 11.3 Å². The van der Waals surface area contributed by atoms with Gasteiger partial charge in [-0.3, -0.25) is 0 Å². The quantitative estimate of drug-likeness (QED) is 0.831. The molecule has 1 aliphatic heterocycles. The second-order valence-electron chi connectivity index (χ2n) is 6.33. The van der Waals surface area contributed by atoms with Crippen LogP contribution in [0.4, 0.5) is 0 Å². The summed E-state index contributed by atoms with van der Waals surface area (Å²) in [5.74, 6) is 0.600. The van der Waals surface area contributed by atoms with Crippen molar-refractivity contribution in [2.75, 3.05) is 18.8 Å². The summed E-state index contributed by atoms with van der Waals surface area (Å²) in [6, 6.07) is 0.0233. The van der Waals surface area contributed by atoms with Crippen LogP contribution in [-0.4, -0.2) is 33.3 Å². The second-order valence-corrected chi connectivity index (χ2v) is 8.09. The van der Waals surface area contributed by atoms with Crippen LogP contribution in [0.15, 0.2) is 0 Å². The topological polar surface area (TPSA) is 58.2 Å². The van der Waals surface area contributed by atoms with E-state index in [1.165, 1.54) is 0 Å². The molecule has 2 atom stereocenters. The fraction of sp³-hybridized carbons (Fsp3) is 1.00. The molecule has 1 saturated heterocycles. The zero-order valence-corrected chi connectivity index (χ0v) is 13.5. The fourth-order valence-corrected chi connectivity index (χ4v) is 4.28. The van der Waals surface area contributed by atoms with Crippen molar-refractivity contribution in [3.63, 3.8) is 0 Å². The lowest BCUT2D eigenvalue weighted by atomic mass is 9.94. The Kier molecular flexibility index (Phi) is 7.14. The molecule has 0 spiro atoms. The molecule has 1 heterocycles. The number of rotatable bonds is 4. The van der Waals surface area contributed by atoms with E-state index < -0.39 is 10.0 Å². The molecular weight excluding hydrogens is 272 g/mol. The van der Waals surface area contributed by atoms with Crippen molar-refractivity contribution in [1.29, 1.82) is 0 Å². The summed E-state index contributed by atoms with van der Waals surface area (Å²) >= 11 is 0. The van der Waals surface area contributed by atoms with Crippen LogP contribution in [0.5, 0.6) is 0 Å². The van der Waals surface area contributed by atoms with Crippen LogP contribution in [0.2, 0.25) is 0 Å². The number of piperidine rings is 1. The molecule has 0 saturated carbocycles. The van der Waals surface area contributed by atoms with Gasteiger partial charge in [-0.25, -0.2) is 13.1 Å². The van der Waals surface area contributed by atoms with Gasteiger partial charge >= 0.3 is 0 Å². The highest BCUT2D eigenvalue weighted by Crippen LogP contribution is 2.18. The van der Waals surface area contributed by atoms with E-state index >= 15 is 0 Å². The molecule has 1 aliphatic rings. The van der Waals surface area contributed by atoms with Crippen molar-refractivity contribution >= 4 is 22.4 Å². The average Bonchev–Trinajstić information content (AvgIpc) is 2.14. The number of sulfonamides is 1. The van der Waals surface area contributed by atoms with Crippen LogP contribution in [0.1, 0.15) is 40.5 Å². The van der Waals surface area contributed by atoms with Gasteiger partial charge in [0.25, 0.3) is 0 Å². The lowest BCUT2D eigenvalue weighted by molar-refractivity contribution is 0.319. The zero-order chi connectivity index (χ0) is 13.1. The van der Waals surface area contributed by atoms with E-state index in [1.54, 1.807) is 0 Å². The van der Waals surface area contributed by atoms with Crippen LogP contribution in [0.3, 0.4) is 0 Å². The number of hydrogen-bond donors (Lipinski definition) is 2. The summed E-state index contributed by atoms with van der Waals surface area (Å²) in [4.78, 5) is 0. The molecule has 0 aromatic carbocycles. The van der Waals surface area contributed by atoms with Crippen LogP contribution in [0.25, 0.3) is 0 Å². The van der Waals surface area contributed by atoms with E-state index in [0.717, 1.165) is 25.9 Å². The van der Waals surface area contributed by atoms with Gasteiger partial charge in [-0.15, -0.1) is 12.4 Å². The highest BCUT2D eigenvalue weighted by molar-refractivity contribution is 7.89. The molecule has 1 rings (SSSR count). The molecule has 4 nitrogen and oxygen atoms in total. The summed E-state index contributed by atoms with van der Waals surface area (Å²) in [6.07, 6.45) is 2.24. The van der Waals surface area contributed by atoms with Gasteiger partial charge in [-0.05, 0) is 44.2 Å². The van der Waals surface area contributed by atoms with Crippen molar-refractivity contribution < 1.29 is 8.42 Å². The molecule has 0 amide bonds. The molecule has 0 radical (unpaired) electrons. The first-order valence-electron chi connectivity index (χ1n) is 6.40. The summed E-state index contributed by atoms with van der Waals surface area (Å²) in [5.41, 5.74) is -0.198.